The van der Waals surface area contributed by atoms with Crippen LogP contribution < -0.4 is 9.47 Å². The normalized spacial score (nSPS) is 12.3. The second-order valence-corrected chi connectivity index (χ2v) is 9.83. The van der Waals surface area contributed by atoms with E-state index >= 15 is 0 Å². The lowest BCUT2D eigenvalue weighted by Crippen LogP contribution is -2.17. The highest BCUT2D eigenvalue weighted by Gasteiger charge is 2.24. The second-order valence-electron chi connectivity index (χ2n) is 8.96. The number of rotatable bonds is 8. The molecule has 0 unspecified atom stereocenters. The van der Waals surface area contributed by atoms with Crippen LogP contribution >= 0.6 is 23.2 Å². The van der Waals surface area contributed by atoms with Crippen LogP contribution in [-0.2, 0) is 0 Å². The second kappa shape index (κ2) is 12.1. The number of hydrogen-bond donors (Lipinski definition) is 0. The molecule has 0 heterocycles. The maximum absolute atomic E-state index is 13.0. The summed E-state index contributed by atoms with van der Waals surface area (Å²) < 4.78 is 11.0. The zero-order chi connectivity index (χ0) is 29.0. The van der Waals surface area contributed by atoms with E-state index in [-0.39, 0.29) is 22.9 Å². The highest BCUT2D eigenvalue weighted by atomic mass is 35.5. The topological polar surface area (TPSA) is 122 Å². The van der Waals surface area contributed by atoms with Gasteiger partial charge in [0.05, 0.1) is 9.85 Å². The van der Waals surface area contributed by atoms with Crippen LogP contribution in [-0.4, -0.2) is 16.0 Å². The van der Waals surface area contributed by atoms with Crippen LogP contribution in [0.4, 0.5) is 16.2 Å². The van der Waals surface area contributed by atoms with E-state index in [2.05, 4.69) is 0 Å². The van der Waals surface area contributed by atoms with Gasteiger partial charge >= 0.3 is 6.16 Å². The Morgan fingerprint density at radius 1 is 0.650 bits per heavy atom. The van der Waals surface area contributed by atoms with Gasteiger partial charge in [-0.1, -0.05) is 61.3 Å². The summed E-state index contributed by atoms with van der Waals surface area (Å²) in [6.07, 6.45) is -1.11. The van der Waals surface area contributed by atoms with E-state index in [1.165, 1.54) is 36.4 Å². The molecule has 0 radical (unpaired) electrons. The Labute approximate surface area is 239 Å². The maximum Gasteiger partial charge on any atom is 0.519 e. The summed E-state index contributed by atoms with van der Waals surface area (Å²) >= 11 is 12.0. The zero-order valence-corrected chi connectivity index (χ0v) is 22.8. The SMILES string of the molecule is C[C@H](c1ccc(Cl)cc1)c1cc([N+](=O)[O-])ccc1OC(=O)Oc1ccc([N+](=O)[O-])cc1[C@H](C)c1ccc(Cl)cc1. The van der Waals surface area contributed by atoms with E-state index in [0.29, 0.717) is 21.2 Å². The molecule has 0 saturated carbocycles. The van der Waals surface area contributed by atoms with Crippen LogP contribution in [0.15, 0.2) is 84.9 Å². The molecule has 0 aromatic heterocycles. The number of nitrogens with zero attached hydrogens (tertiary/aromatic N) is 2. The third-order valence-corrected chi connectivity index (χ3v) is 6.97. The highest BCUT2D eigenvalue weighted by Crippen LogP contribution is 2.37. The van der Waals surface area contributed by atoms with Crippen LogP contribution in [0.2, 0.25) is 10.0 Å². The molecule has 0 aliphatic carbocycles. The Bertz CT molecular complexity index is 1460. The Kier molecular flexibility index (Phi) is 8.67. The summed E-state index contributed by atoms with van der Waals surface area (Å²) in [4.78, 5) is 34.8. The number of hydrogen-bond acceptors (Lipinski definition) is 7. The molecule has 4 aromatic carbocycles. The first kappa shape index (κ1) is 28.5. The molecule has 0 spiro atoms. The van der Waals surface area contributed by atoms with Crippen LogP contribution in [0.25, 0.3) is 0 Å². The average molecular weight is 581 g/mol. The van der Waals surface area contributed by atoms with Gasteiger partial charge in [0, 0.05) is 57.3 Å². The van der Waals surface area contributed by atoms with Crippen molar-refractivity contribution in [2.45, 2.75) is 25.7 Å². The third-order valence-electron chi connectivity index (χ3n) is 6.47. The van der Waals surface area contributed by atoms with Gasteiger partial charge in [-0.3, -0.25) is 20.2 Å². The molecule has 0 N–H and O–H groups in total. The molecule has 2 atom stereocenters. The lowest BCUT2D eigenvalue weighted by Gasteiger charge is -2.18. The molecule has 4 aromatic rings. The monoisotopic (exact) mass is 580 g/mol. The predicted molar refractivity (Wildman–Crippen MR) is 151 cm³/mol. The summed E-state index contributed by atoms with van der Waals surface area (Å²) in [6.45, 7) is 3.62. The van der Waals surface area contributed by atoms with Gasteiger partial charge in [-0.2, -0.15) is 0 Å². The van der Waals surface area contributed by atoms with Gasteiger partial charge < -0.3 is 9.47 Å². The molecule has 11 heteroatoms. The zero-order valence-electron chi connectivity index (χ0n) is 21.2. The van der Waals surface area contributed by atoms with Crippen molar-refractivity contribution in [3.63, 3.8) is 0 Å². The number of halogens is 2. The molecule has 9 nitrogen and oxygen atoms in total. The van der Waals surface area contributed by atoms with Crippen LogP contribution in [0.1, 0.15) is 47.9 Å². The number of benzene rings is 4. The van der Waals surface area contributed by atoms with Crippen molar-refractivity contribution in [3.8, 4) is 11.5 Å². The van der Waals surface area contributed by atoms with Crippen molar-refractivity contribution in [2.75, 3.05) is 0 Å². The first-order chi connectivity index (χ1) is 19.0. The molecule has 204 valence electrons. The highest BCUT2D eigenvalue weighted by molar-refractivity contribution is 6.30. The minimum atomic E-state index is -1.11. The fraction of sp³-hybridized carbons (Fsp3) is 0.138. The third kappa shape index (κ3) is 6.56. The lowest BCUT2D eigenvalue weighted by molar-refractivity contribution is -0.385. The maximum atomic E-state index is 13.0. The minimum absolute atomic E-state index is 0.0623. The lowest BCUT2D eigenvalue weighted by atomic mass is 9.92. The number of non-ortho nitro benzene ring substituents is 2. The minimum Gasteiger partial charge on any atom is -0.394 e. The molecule has 4 rings (SSSR count). The molecule has 0 aliphatic heterocycles. The summed E-state index contributed by atoms with van der Waals surface area (Å²) in [5.74, 6) is -0.681. The van der Waals surface area contributed by atoms with Crippen LogP contribution in [0, 0.1) is 20.2 Å². The largest absolute Gasteiger partial charge is 0.519 e. The van der Waals surface area contributed by atoms with Crippen molar-refractivity contribution in [3.05, 3.63) is 137 Å². The summed E-state index contributed by atoms with van der Waals surface area (Å²) in [7, 11) is 0. The van der Waals surface area contributed by atoms with Crippen LogP contribution in [0.5, 0.6) is 11.5 Å². The van der Waals surface area contributed by atoms with Crippen molar-refractivity contribution >= 4 is 40.7 Å². The van der Waals surface area contributed by atoms with E-state index in [9.17, 15) is 25.0 Å². The molecule has 0 amide bonds. The predicted octanol–water partition coefficient (Wildman–Crippen LogP) is 8.69. The fourth-order valence-corrected chi connectivity index (χ4v) is 4.48. The van der Waals surface area contributed by atoms with Gasteiger partial charge in [0.2, 0.25) is 0 Å². The summed E-state index contributed by atoms with van der Waals surface area (Å²) in [6, 6.07) is 21.6. The van der Waals surface area contributed by atoms with E-state index in [4.69, 9.17) is 32.7 Å². The van der Waals surface area contributed by atoms with Gasteiger partial charge in [0.25, 0.3) is 11.4 Å². The van der Waals surface area contributed by atoms with E-state index < -0.39 is 27.8 Å². The number of nitro benzene ring substituents is 2. The molecular formula is C29H22Cl2N2O7. The van der Waals surface area contributed by atoms with Crippen molar-refractivity contribution in [2.24, 2.45) is 0 Å². The molecule has 40 heavy (non-hydrogen) atoms. The van der Waals surface area contributed by atoms with Gasteiger partial charge in [-0.05, 0) is 47.5 Å². The standard InChI is InChI=1S/C29H22Cl2N2O7/c1-17(19-3-7-21(30)8-4-19)25-15-23(32(35)36)11-13-27(25)39-29(34)40-28-14-12-24(33(37)38)16-26(28)18(2)20-5-9-22(31)10-6-20/h3-18H,1-2H3/t17-,18-/m1/s1. The summed E-state index contributed by atoms with van der Waals surface area (Å²) in [5, 5.41) is 23.9. The Morgan fingerprint density at radius 3 is 1.32 bits per heavy atom. The molecule has 0 saturated heterocycles. The molecule has 0 aliphatic rings. The summed E-state index contributed by atoms with van der Waals surface area (Å²) in [5.41, 5.74) is 1.99. The van der Waals surface area contributed by atoms with Crippen molar-refractivity contribution < 1.29 is 24.1 Å². The van der Waals surface area contributed by atoms with E-state index in [1.807, 2.05) is 13.8 Å². The molecule has 0 fully saturated rings. The van der Waals surface area contributed by atoms with E-state index in [1.54, 1.807) is 48.5 Å². The Hall–Kier alpha value is -4.47. The Morgan fingerprint density at radius 2 is 1.00 bits per heavy atom. The van der Waals surface area contributed by atoms with Gasteiger partial charge in [-0.15, -0.1) is 0 Å². The number of carbonyl (C=O) groups is 1. The van der Waals surface area contributed by atoms with Crippen molar-refractivity contribution in [1.29, 1.82) is 0 Å². The Balaban J connectivity index is 1.66. The van der Waals surface area contributed by atoms with Gasteiger partial charge in [-0.25, -0.2) is 4.79 Å². The van der Waals surface area contributed by atoms with Crippen molar-refractivity contribution in [1.82, 2.24) is 0 Å². The van der Waals surface area contributed by atoms with Gasteiger partial charge in [0.1, 0.15) is 11.5 Å². The first-order valence-corrected chi connectivity index (χ1v) is 12.8. The number of ether oxygens (including phenoxy) is 2. The molecule has 0 bridgehead atoms. The smallest absolute Gasteiger partial charge is 0.394 e. The first-order valence-electron chi connectivity index (χ1n) is 12.0. The van der Waals surface area contributed by atoms with Gasteiger partial charge in [0.15, 0.2) is 0 Å². The quantitative estimate of drug-likeness (QED) is 0.0883. The van der Waals surface area contributed by atoms with Crippen LogP contribution in [0.3, 0.4) is 0 Å². The average Bonchev–Trinajstić information content (AvgIpc) is 2.93. The number of nitro groups is 2. The molecular weight excluding hydrogens is 559 g/mol. The number of carbonyl (C=O) groups excluding carboxylic acids is 1. The fourth-order valence-electron chi connectivity index (χ4n) is 4.22. The van der Waals surface area contributed by atoms with E-state index in [0.717, 1.165) is 11.1 Å².